The molecule has 0 N–H and O–H groups in total. The number of nitrogens with zero attached hydrogens (tertiary/aromatic N) is 4. The van der Waals surface area contributed by atoms with Gasteiger partial charge in [0.2, 0.25) is 5.91 Å². The zero-order chi connectivity index (χ0) is 36.2. The minimum Gasteiger partial charge on any atom is -0.496 e. The summed E-state index contributed by atoms with van der Waals surface area (Å²) in [5, 5.41) is 1.10. The molecule has 5 fully saturated rings. The van der Waals surface area contributed by atoms with Crippen molar-refractivity contribution in [3.8, 4) is 16.2 Å². The number of aromatic nitrogens is 2. The molecule has 3 heterocycles. The number of carbonyl (C=O) groups is 2. The highest BCUT2D eigenvalue weighted by Crippen LogP contribution is 2.58. The van der Waals surface area contributed by atoms with Crippen LogP contribution in [0.25, 0.3) is 10.4 Å². The molecule has 0 radical (unpaired) electrons. The predicted molar refractivity (Wildman–Crippen MR) is 204 cm³/mol. The average Bonchev–Trinajstić information content (AvgIpc) is 3.62. The quantitative estimate of drug-likeness (QED) is 0.231. The summed E-state index contributed by atoms with van der Waals surface area (Å²) in [4.78, 5) is 42.0. The second-order valence-electron chi connectivity index (χ2n) is 17.9. The number of pyridine rings is 1. The molecule has 274 valence electrons. The lowest BCUT2D eigenvalue weighted by atomic mass is 9.51. The van der Waals surface area contributed by atoms with Crippen molar-refractivity contribution in [1.29, 1.82) is 0 Å². The fourth-order valence-corrected chi connectivity index (χ4v) is 10.2. The molecule has 1 aliphatic heterocycles. The van der Waals surface area contributed by atoms with E-state index in [1.54, 1.807) is 23.3 Å². The van der Waals surface area contributed by atoms with Gasteiger partial charge in [-0.3, -0.25) is 9.69 Å². The second-order valence-corrected chi connectivity index (χ2v) is 19.0. The highest BCUT2D eigenvalue weighted by Gasteiger charge is 2.51. The Bertz CT molecular complexity index is 1740. The number of ether oxygens (including phenoxy) is 2. The molecule has 2 amide bonds. The molecule has 1 saturated heterocycles. The van der Waals surface area contributed by atoms with E-state index in [9.17, 15) is 9.59 Å². The van der Waals surface area contributed by atoms with E-state index in [0.29, 0.717) is 19.4 Å². The third kappa shape index (κ3) is 7.29. The fourth-order valence-electron chi connectivity index (χ4n) is 9.20. The Balaban J connectivity index is 1.10. The van der Waals surface area contributed by atoms with Crippen molar-refractivity contribution in [1.82, 2.24) is 14.9 Å². The van der Waals surface area contributed by atoms with Crippen LogP contribution in [0.1, 0.15) is 115 Å². The van der Waals surface area contributed by atoms with Crippen LogP contribution in [-0.4, -0.2) is 59.7 Å². The van der Waals surface area contributed by atoms with Crippen LogP contribution in [0.2, 0.25) is 0 Å². The molecule has 3 aromatic rings. The van der Waals surface area contributed by atoms with Gasteiger partial charge in [0.25, 0.3) is 0 Å². The van der Waals surface area contributed by atoms with E-state index in [0.717, 1.165) is 91.5 Å². The first kappa shape index (κ1) is 35.9. The van der Waals surface area contributed by atoms with E-state index in [-0.39, 0.29) is 45.7 Å². The van der Waals surface area contributed by atoms with Gasteiger partial charge < -0.3 is 14.4 Å². The van der Waals surface area contributed by atoms with Crippen molar-refractivity contribution >= 4 is 29.2 Å². The highest BCUT2D eigenvalue weighted by atomic mass is 32.1. The van der Waals surface area contributed by atoms with Crippen molar-refractivity contribution in [3.05, 3.63) is 58.9 Å². The lowest BCUT2D eigenvalue weighted by Crippen LogP contribution is -2.56. The molecule has 4 saturated carbocycles. The summed E-state index contributed by atoms with van der Waals surface area (Å²) in [5.74, 6) is 1.73. The predicted octanol–water partition coefficient (Wildman–Crippen LogP) is 9.48. The Labute approximate surface area is 308 Å². The summed E-state index contributed by atoms with van der Waals surface area (Å²) in [6.45, 7) is 15.2. The Morgan fingerprint density at radius 3 is 2.24 bits per heavy atom. The number of aryl methyl sites for hydroxylation is 1. The molecule has 1 aromatic carbocycles. The van der Waals surface area contributed by atoms with Crippen molar-refractivity contribution in [2.75, 3.05) is 31.6 Å². The van der Waals surface area contributed by atoms with Gasteiger partial charge in [-0.15, -0.1) is 11.3 Å². The van der Waals surface area contributed by atoms with Crippen molar-refractivity contribution in [2.45, 2.75) is 123 Å². The average molecular weight is 713 g/mol. The molecule has 9 heteroatoms. The number of carbonyl (C=O) groups excluding carboxylic acids is 2. The highest BCUT2D eigenvalue weighted by molar-refractivity contribution is 7.15. The van der Waals surface area contributed by atoms with Gasteiger partial charge in [0.1, 0.15) is 17.7 Å². The zero-order valence-electron chi connectivity index (χ0n) is 31.7. The van der Waals surface area contributed by atoms with E-state index in [2.05, 4.69) is 65.8 Å². The molecule has 4 aliphatic carbocycles. The van der Waals surface area contributed by atoms with Gasteiger partial charge >= 0.3 is 6.09 Å². The van der Waals surface area contributed by atoms with Crippen LogP contribution in [0.3, 0.4) is 0 Å². The maximum atomic E-state index is 14.7. The Hall–Kier alpha value is -3.46. The molecule has 0 spiro atoms. The third-order valence-corrected chi connectivity index (χ3v) is 13.9. The van der Waals surface area contributed by atoms with Crippen LogP contribution in [0.5, 0.6) is 5.75 Å². The number of methoxy groups -OCH3 is 1. The van der Waals surface area contributed by atoms with Crippen molar-refractivity contribution in [3.63, 3.8) is 0 Å². The number of thiazole rings is 1. The first-order valence-electron chi connectivity index (χ1n) is 19.0. The molecule has 8 nitrogen and oxygen atoms in total. The topological polar surface area (TPSA) is 84.9 Å². The summed E-state index contributed by atoms with van der Waals surface area (Å²) < 4.78 is 11.5. The first-order valence-corrected chi connectivity index (χ1v) is 19.8. The van der Waals surface area contributed by atoms with E-state index in [1.165, 1.54) is 11.1 Å². The zero-order valence-corrected chi connectivity index (χ0v) is 32.5. The summed E-state index contributed by atoms with van der Waals surface area (Å²) in [7, 11) is 1.74. The minimum absolute atomic E-state index is 0.0271. The lowest BCUT2D eigenvalue weighted by Gasteiger charge is -2.55. The summed E-state index contributed by atoms with van der Waals surface area (Å²) >= 11 is 1.71. The summed E-state index contributed by atoms with van der Waals surface area (Å²) in [6, 6.07) is 10.9. The molecular formula is C42H56N4O4S. The fraction of sp³-hybridized carbons (Fsp3) is 0.619. The van der Waals surface area contributed by atoms with E-state index in [1.807, 2.05) is 23.4 Å². The minimum atomic E-state index is -0.209. The maximum Gasteiger partial charge on any atom is 0.410 e. The van der Waals surface area contributed by atoms with Crippen LogP contribution in [-0.2, 0) is 20.4 Å². The van der Waals surface area contributed by atoms with Gasteiger partial charge in [-0.05, 0) is 117 Å². The van der Waals surface area contributed by atoms with E-state index in [4.69, 9.17) is 19.4 Å². The van der Waals surface area contributed by atoms with Crippen LogP contribution in [0.4, 0.5) is 10.6 Å². The van der Waals surface area contributed by atoms with Gasteiger partial charge in [0.15, 0.2) is 0 Å². The number of hydrogen-bond acceptors (Lipinski definition) is 7. The number of fused-ring (bicyclic) bond motifs is 3. The molecular weight excluding hydrogens is 657 g/mol. The first-order chi connectivity index (χ1) is 24.2. The van der Waals surface area contributed by atoms with Crippen molar-refractivity contribution in [2.24, 2.45) is 16.7 Å². The smallest absolute Gasteiger partial charge is 0.410 e. The molecule has 5 aliphatic rings. The molecule has 2 aromatic heterocycles. The van der Waals surface area contributed by atoms with Crippen LogP contribution in [0.15, 0.2) is 42.7 Å². The van der Waals surface area contributed by atoms with Crippen LogP contribution in [0, 0.1) is 23.7 Å². The molecule has 0 unspecified atom stereocenters. The van der Waals surface area contributed by atoms with Gasteiger partial charge in [0.05, 0.1) is 17.0 Å². The molecule has 0 atom stereocenters. The Morgan fingerprint density at radius 2 is 1.65 bits per heavy atom. The number of rotatable bonds is 8. The standard InChI is InChI=1S/C42H56N4O4S/c1-28-22-31(10-13-33(28)49-7)42-18-15-41(16-19-42,17-20-42)27-46(35-23-30(14-21-43-35)34-24-44-37(51-34)39(2,3)4)36(47)29-8-11-32(12-9-29)50-38(48)45-25-40(5,6)26-45/h10,13-14,21-24,29,32H,8-9,11-12,15-20,25-27H2,1-7H3. The molecule has 8 rings (SSSR count). The van der Waals surface area contributed by atoms with Crippen LogP contribution < -0.4 is 9.64 Å². The normalized spacial score (nSPS) is 27.1. The number of benzene rings is 1. The largest absolute Gasteiger partial charge is 0.496 e. The summed E-state index contributed by atoms with van der Waals surface area (Å²) in [5.41, 5.74) is 4.08. The molecule has 2 bridgehead atoms. The number of hydrogen-bond donors (Lipinski definition) is 0. The van der Waals surface area contributed by atoms with Gasteiger partial charge in [-0.2, -0.15) is 0 Å². The monoisotopic (exact) mass is 712 g/mol. The van der Waals surface area contributed by atoms with E-state index >= 15 is 0 Å². The van der Waals surface area contributed by atoms with Crippen molar-refractivity contribution < 1.29 is 19.1 Å². The van der Waals surface area contributed by atoms with Gasteiger partial charge in [-0.1, -0.05) is 46.8 Å². The Kier molecular flexibility index (Phi) is 9.51. The van der Waals surface area contributed by atoms with Gasteiger partial charge in [0, 0.05) is 48.8 Å². The number of amides is 2. The molecule has 51 heavy (non-hydrogen) atoms. The third-order valence-electron chi connectivity index (χ3n) is 12.4. The maximum absolute atomic E-state index is 14.7. The number of anilines is 1. The SMILES string of the molecule is COc1ccc(C23CCC(CN(C(=O)C4CCC(OC(=O)N5CC(C)(C)C5)CC4)c4cc(-c5cnc(C(C)(C)C)s5)ccn4)(CC2)CC3)cc1C. The second kappa shape index (κ2) is 13.5. The summed E-state index contributed by atoms with van der Waals surface area (Å²) in [6.07, 6.45) is 13.0. The Morgan fingerprint density at radius 1 is 0.961 bits per heavy atom. The number of likely N-dealkylation sites (tertiary alicyclic amines) is 1. The lowest BCUT2D eigenvalue weighted by molar-refractivity contribution is -0.124. The van der Waals surface area contributed by atoms with E-state index < -0.39 is 0 Å². The van der Waals surface area contributed by atoms with Crippen LogP contribution >= 0.6 is 11.3 Å². The van der Waals surface area contributed by atoms with Gasteiger partial charge in [-0.25, -0.2) is 14.8 Å².